The smallest absolute Gasteiger partial charge is 0.216 e. The zero-order valence-corrected chi connectivity index (χ0v) is 16.8. The molecule has 7 heteroatoms. The fourth-order valence-corrected chi connectivity index (χ4v) is 3.64. The van der Waals surface area contributed by atoms with Crippen LogP contribution in [0.1, 0.15) is 56.4 Å². The summed E-state index contributed by atoms with van der Waals surface area (Å²) in [5.41, 5.74) is 3.76. The van der Waals surface area contributed by atoms with Crippen LogP contribution in [0.25, 0.3) is 0 Å². The maximum Gasteiger partial charge on any atom is 0.216 e. The molecular weight excluding hydrogens is 365 g/mol. The van der Waals surface area contributed by atoms with Gasteiger partial charge in [-0.1, -0.05) is 6.42 Å². The fraction of sp³-hybridized carbons (Fsp3) is 0.550. The lowest BCUT2D eigenvalue weighted by molar-refractivity contribution is 0.152. The lowest BCUT2D eigenvalue weighted by atomic mass is 9.97. The van der Waals surface area contributed by atoms with E-state index >= 15 is 0 Å². The van der Waals surface area contributed by atoms with Crippen molar-refractivity contribution in [2.24, 2.45) is 0 Å². The molecule has 0 aliphatic heterocycles. The van der Waals surface area contributed by atoms with Gasteiger partial charge in [0.25, 0.3) is 0 Å². The number of halogens is 1. The van der Waals surface area contributed by atoms with E-state index in [1.54, 1.807) is 12.3 Å². The predicted octanol–water partition coefficient (Wildman–Crippen LogP) is 5.11. The van der Waals surface area contributed by atoms with Crippen molar-refractivity contribution in [3.63, 3.8) is 0 Å². The molecule has 4 rings (SSSR count). The van der Waals surface area contributed by atoms with Crippen LogP contribution in [0.2, 0.25) is 0 Å². The van der Waals surface area contributed by atoms with E-state index in [0.29, 0.717) is 16.8 Å². The summed E-state index contributed by atoms with van der Waals surface area (Å²) in [5.74, 6) is 0.951. The van der Waals surface area contributed by atoms with Crippen LogP contribution in [0.4, 0.5) is 9.52 Å². The van der Waals surface area contributed by atoms with Crippen molar-refractivity contribution < 1.29 is 14.0 Å². The first-order chi connectivity index (χ1) is 13.2. The van der Waals surface area contributed by atoms with Gasteiger partial charge in [-0.3, -0.25) is 0 Å². The Kier molecular flexibility index (Phi) is 7.29. The standard InChI is InChI=1S/C18H21FN2O2S.C2H7N/c19-15-11-16(22-13-4-2-1-3-5-13)14(12-6-7-12)10-17(15)23-21-18-20-8-9-24-18;1-3-2/h8-13H,1-7H2,(H,20,21);3H,1-2H3. The van der Waals surface area contributed by atoms with Gasteiger partial charge in [-0.2, -0.15) is 5.48 Å². The van der Waals surface area contributed by atoms with Gasteiger partial charge in [0.1, 0.15) is 5.75 Å². The largest absolute Gasteiger partial charge is 0.490 e. The van der Waals surface area contributed by atoms with Crippen LogP contribution in [0.5, 0.6) is 11.5 Å². The summed E-state index contributed by atoms with van der Waals surface area (Å²) in [5, 5.41) is 5.18. The normalized spacial score (nSPS) is 17.0. The van der Waals surface area contributed by atoms with Gasteiger partial charge in [0.15, 0.2) is 11.6 Å². The minimum absolute atomic E-state index is 0.197. The Bertz CT molecular complexity index is 702. The summed E-state index contributed by atoms with van der Waals surface area (Å²) in [6.45, 7) is 0. The molecule has 0 spiro atoms. The molecule has 2 aromatic rings. The SMILES string of the molecule is CNC.Fc1cc(OC2CCCCC2)c(C2CC2)cc1ONc1nccs1. The molecule has 2 aliphatic carbocycles. The van der Waals surface area contributed by atoms with E-state index in [-0.39, 0.29) is 11.9 Å². The third kappa shape index (κ3) is 5.81. The molecule has 2 aliphatic rings. The van der Waals surface area contributed by atoms with Gasteiger partial charge in [-0.25, -0.2) is 9.37 Å². The molecule has 0 bridgehead atoms. The number of thiazole rings is 1. The Balaban J connectivity index is 0.000000659. The number of ether oxygens (including phenoxy) is 1. The Labute approximate surface area is 164 Å². The van der Waals surface area contributed by atoms with Crippen molar-refractivity contribution in [3.05, 3.63) is 35.1 Å². The lowest BCUT2D eigenvalue weighted by Gasteiger charge is -2.24. The van der Waals surface area contributed by atoms with Crippen LogP contribution in [0.3, 0.4) is 0 Å². The van der Waals surface area contributed by atoms with E-state index in [2.05, 4.69) is 15.8 Å². The molecule has 0 atom stereocenters. The maximum absolute atomic E-state index is 14.4. The summed E-state index contributed by atoms with van der Waals surface area (Å²) in [7, 11) is 3.75. The minimum Gasteiger partial charge on any atom is -0.490 e. The average Bonchev–Trinajstić information content (AvgIpc) is 3.38. The number of anilines is 1. The van der Waals surface area contributed by atoms with Crippen molar-refractivity contribution >= 4 is 16.5 Å². The molecule has 0 amide bonds. The molecular formula is C20H28FN3O2S. The number of nitrogens with one attached hydrogen (secondary N) is 2. The molecule has 148 valence electrons. The second-order valence-corrected chi connectivity index (χ2v) is 7.91. The van der Waals surface area contributed by atoms with E-state index in [1.165, 1.54) is 36.7 Å². The number of rotatable bonds is 6. The molecule has 1 aromatic heterocycles. The number of benzene rings is 1. The highest BCUT2D eigenvalue weighted by molar-refractivity contribution is 7.13. The van der Waals surface area contributed by atoms with Crippen LogP contribution in [0.15, 0.2) is 23.7 Å². The predicted molar refractivity (Wildman–Crippen MR) is 107 cm³/mol. The number of aromatic nitrogens is 1. The maximum atomic E-state index is 14.4. The molecule has 2 saturated carbocycles. The van der Waals surface area contributed by atoms with Crippen LogP contribution in [-0.4, -0.2) is 25.2 Å². The van der Waals surface area contributed by atoms with E-state index in [1.807, 2.05) is 19.5 Å². The van der Waals surface area contributed by atoms with Crippen LogP contribution >= 0.6 is 11.3 Å². The van der Waals surface area contributed by atoms with Crippen LogP contribution < -0.4 is 20.4 Å². The van der Waals surface area contributed by atoms with Gasteiger partial charge in [0.05, 0.1) is 6.10 Å². The van der Waals surface area contributed by atoms with Crippen molar-refractivity contribution in [1.82, 2.24) is 10.3 Å². The Morgan fingerprint density at radius 1 is 1.07 bits per heavy atom. The molecule has 0 saturated heterocycles. The van der Waals surface area contributed by atoms with Crippen LogP contribution in [-0.2, 0) is 0 Å². The number of hydrogen-bond donors (Lipinski definition) is 2. The highest BCUT2D eigenvalue weighted by Gasteiger charge is 2.30. The van der Waals surface area contributed by atoms with Crippen molar-refractivity contribution in [2.75, 3.05) is 19.6 Å². The third-order valence-electron chi connectivity index (χ3n) is 4.61. The van der Waals surface area contributed by atoms with Gasteiger partial charge in [0.2, 0.25) is 5.13 Å². The van der Waals surface area contributed by atoms with Crippen molar-refractivity contribution in [1.29, 1.82) is 0 Å². The molecule has 2 fully saturated rings. The van der Waals surface area contributed by atoms with E-state index in [4.69, 9.17) is 9.57 Å². The highest BCUT2D eigenvalue weighted by atomic mass is 32.1. The molecule has 0 radical (unpaired) electrons. The summed E-state index contributed by atoms with van der Waals surface area (Å²) in [6.07, 6.45) is 9.96. The quantitative estimate of drug-likeness (QED) is 0.668. The zero-order valence-electron chi connectivity index (χ0n) is 16.0. The van der Waals surface area contributed by atoms with Gasteiger partial charge in [-0.15, -0.1) is 11.3 Å². The molecule has 1 heterocycles. The number of hydrogen-bond acceptors (Lipinski definition) is 6. The Morgan fingerprint density at radius 3 is 2.44 bits per heavy atom. The monoisotopic (exact) mass is 393 g/mol. The topological polar surface area (TPSA) is 55.4 Å². The first-order valence-electron chi connectivity index (χ1n) is 9.62. The summed E-state index contributed by atoms with van der Waals surface area (Å²) in [6, 6.07) is 3.27. The molecule has 27 heavy (non-hydrogen) atoms. The van der Waals surface area contributed by atoms with E-state index in [9.17, 15) is 4.39 Å². The van der Waals surface area contributed by atoms with Crippen LogP contribution in [0, 0.1) is 5.82 Å². The second kappa shape index (κ2) is 9.90. The molecule has 5 nitrogen and oxygen atoms in total. The first-order valence-corrected chi connectivity index (χ1v) is 10.5. The fourth-order valence-electron chi connectivity index (χ4n) is 3.18. The molecule has 1 aromatic carbocycles. The summed E-state index contributed by atoms with van der Waals surface area (Å²) < 4.78 is 20.6. The van der Waals surface area contributed by atoms with Gasteiger partial charge < -0.3 is 14.9 Å². The average molecular weight is 394 g/mol. The van der Waals surface area contributed by atoms with Gasteiger partial charge in [-0.05, 0) is 64.6 Å². The van der Waals surface area contributed by atoms with Gasteiger partial charge in [0, 0.05) is 23.2 Å². The van der Waals surface area contributed by atoms with E-state index in [0.717, 1.165) is 31.2 Å². The minimum atomic E-state index is -0.408. The molecule has 0 unspecified atom stereocenters. The number of nitrogens with zero attached hydrogens (tertiary/aromatic N) is 1. The highest BCUT2D eigenvalue weighted by Crippen LogP contribution is 2.46. The first kappa shape index (κ1) is 19.9. The summed E-state index contributed by atoms with van der Waals surface area (Å²) in [4.78, 5) is 9.47. The van der Waals surface area contributed by atoms with Crippen molar-refractivity contribution in [3.8, 4) is 11.5 Å². The Hall–Kier alpha value is -1.86. The summed E-state index contributed by atoms with van der Waals surface area (Å²) >= 11 is 1.40. The van der Waals surface area contributed by atoms with E-state index < -0.39 is 5.82 Å². The van der Waals surface area contributed by atoms with Crippen molar-refractivity contribution in [2.45, 2.75) is 57.0 Å². The van der Waals surface area contributed by atoms with Gasteiger partial charge >= 0.3 is 0 Å². The zero-order chi connectivity index (χ0) is 19.1. The Morgan fingerprint density at radius 2 is 1.81 bits per heavy atom. The second-order valence-electron chi connectivity index (χ2n) is 7.01. The lowest BCUT2D eigenvalue weighted by Crippen LogP contribution is -2.20. The molecule has 2 N–H and O–H groups in total. The third-order valence-corrected chi connectivity index (χ3v) is 5.28.